The summed E-state index contributed by atoms with van der Waals surface area (Å²) in [6.45, 7) is 2.56. The Morgan fingerprint density at radius 2 is 1.91 bits per heavy atom. The number of piperidine rings is 1. The highest BCUT2D eigenvalue weighted by atomic mass is 35.5. The minimum atomic E-state index is -0.579. The lowest BCUT2D eigenvalue weighted by Crippen LogP contribution is -2.48. The fourth-order valence-electron chi connectivity index (χ4n) is 5.33. The van der Waals surface area contributed by atoms with Crippen molar-refractivity contribution < 1.29 is 9.84 Å². The number of ether oxygens (including phenoxy) is 1. The molecule has 1 aliphatic carbocycles. The first-order chi connectivity index (χ1) is 15.6. The van der Waals surface area contributed by atoms with E-state index in [1.807, 2.05) is 31.3 Å². The van der Waals surface area contributed by atoms with Gasteiger partial charge in [-0.25, -0.2) is 0 Å². The molecule has 2 aromatic rings. The average molecular weight is 457 g/mol. The molecule has 4 rings (SSSR count). The van der Waals surface area contributed by atoms with Crippen LogP contribution in [-0.2, 0) is 6.61 Å². The molecule has 0 radical (unpaired) electrons. The van der Waals surface area contributed by atoms with Crippen molar-refractivity contribution in [1.82, 2.24) is 10.2 Å². The van der Waals surface area contributed by atoms with Crippen molar-refractivity contribution in [2.45, 2.75) is 75.7 Å². The van der Waals surface area contributed by atoms with Gasteiger partial charge < -0.3 is 15.2 Å². The summed E-state index contributed by atoms with van der Waals surface area (Å²) in [4.78, 5) is 2.55. The second kappa shape index (κ2) is 11.0. The van der Waals surface area contributed by atoms with E-state index in [1.165, 1.54) is 24.8 Å². The number of rotatable bonds is 8. The molecule has 2 N–H and O–H groups in total. The van der Waals surface area contributed by atoms with Gasteiger partial charge in [0.2, 0.25) is 0 Å². The maximum absolute atomic E-state index is 11.4. The lowest BCUT2D eigenvalue weighted by atomic mass is 9.78. The number of likely N-dealkylation sites (tertiary alicyclic amines) is 1. The van der Waals surface area contributed by atoms with Crippen molar-refractivity contribution in [1.29, 1.82) is 0 Å². The van der Waals surface area contributed by atoms with Crippen molar-refractivity contribution >= 4 is 11.6 Å². The second-order valence-corrected chi connectivity index (χ2v) is 10.00. The smallest absolute Gasteiger partial charge is 0.138 e. The number of aliphatic hydroxyl groups is 1. The van der Waals surface area contributed by atoms with Crippen molar-refractivity contribution in [3.05, 3.63) is 64.7 Å². The molecule has 0 aromatic heterocycles. The molecule has 174 valence electrons. The lowest BCUT2D eigenvalue weighted by Gasteiger charge is -2.43. The zero-order valence-corrected chi connectivity index (χ0v) is 20.0. The van der Waals surface area contributed by atoms with E-state index in [1.54, 1.807) is 0 Å². The van der Waals surface area contributed by atoms with E-state index in [0.29, 0.717) is 23.4 Å². The summed E-state index contributed by atoms with van der Waals surface area (Å²) >= 11 is 6.69. The summed E-state index contributed by atoms with van der Waals surface area (Å²) in [6, 6.07) is 17.0. The van der Waals surface area contributed by atoms with E-state index in [2.05, 4.69) is 34.5 Å². The maximum Gasteiger partial charge on any atom is 0.138 e. The number of hydrogen-bond acceptors (Lipinski definition) is 4. The van der Waals surface area contributed by atoms with Crippen LogP contribution < -0.4 is 10.1 Å². The van der Waals surface area contributed by atoms with Gasteiger partial charge in [-0.05, 0) is 69.0 Å². The Morgan fingerprint density at radius 1 is 1.12 bits per heavy atom. The van der Waals surface area contributed by atoms with Gasteiger partial charge in [-0.2, -0.15) is 0 Å². The van der Waals surface area contributed by atoms with Crippen LogP contribution in [0.1, 0.15) is 68.5 Å². The van der Waals surface area contributed by atoms with Gasteiger partial charge in [0.25, 0.3) is 0 Å². The predicted molar refractivity (Wildman–Crippen MR) is 131 cm³/mol. The first-order valence-corrected chi connectivity index (χ1v) is 12.5. The molecule has 32 heavy (non-hydrogen) atoms. The molecule has 1 saturated carbocycles. The molecule has 1 heterocycles. The number of nitrogens with one attached hydrogen (secondary N) is 1. The summed E-state index contributed by atoms with van der Waals surface area (Å²) in [6.07, 6.45) is 8.42. The molecule has 0 spiro atoms. The van der Waals surface area contributed by atoms with E-state index < -0.39 is 5.60 Å². The second-order valence-electron chi connectivity index (χ2n) is 9.59. The Bertz CT molecular complexity index is 854. The molecule has 2 aromatic carbocycles. The number of hydrogen-bond donors (Lipinski definition) is 2. The molecule has 2 atom stereocenters. The number of nitrogens with zero attached hydrogens (tertiary/aromatic N) is 1. The van der Waals surface area contributed by atoms with Gasteiger partial charge in [-0.3, -0.25) is 4.90 Å². The topological polar surface area (TPSA) is 44.7 Å². The van der Waals surface area contributed by atoms with Crippen LogP contribution in [0.2, 0.25) is 5.02 Å². The first-order valence-electron chi connectivity index (χ1n) is 12.2. The zero-order chi connectivity index (χ0) is 22.4. The van der Waals surface area contributed by atoms with E-state index in [-0.39, 0.29) is 6.04 Å². The lowest BCUT2D eigenvalue weighted by molar-refractivity contribution is -0.0319. The molecule has 0 bridgehead atoms. The van der Waals surface area contributed by atoms with Gasteiger partial charge in [0.05, 0.1) is 10.6 Å². The molecule has 1 aliphatic heterocycles. The summed E-state index contributed by atoms with van der Waals surface area (Å²) < 4.78 is 6.00. The molecule has 0 amide bonds. The monoisotopic (exact) mass is 456 g/mol. The van der Waals surface area contributed by atoms with Crippen LogP contribution >= 0.6 is 11.6 Å². The van der Waals surface area contributed by atoms with E-state index in [0.717, 1.165) is 50.8 Å². The highest BCUT2D eigenvalue weighted by Crippen LogP contribution is 2.40. The van der Waals surface area contributed by atoms with Gasteiger partial charge in [0.1, 0.15) is 12.4 Å². The van der Waals surface area contributed by atoms with Gasteiger partial charge in [0.15, 0.2) is 0 Å². The normalized spacial score (nSPS) is 22.4. The largest absolute Gasteiger partial charge is 0.487 e. The third-order valence-electron chi connectivity index (χ3n) is 7.24. The Balaban J connectivity index is 1.53. The fourth-order valence-corrected chi connectivity index (χ4v) is 5.58. The van der Waals surface area contributed by atoms with Gasteiger partial charge >= 0.3 is 0 Å². The molecule has 4 nitrogen and oxygen atoms in total. The standard InChI is InChI=1S/C27H37ClN2O2/c1-29-23-11-8-16-30(19-23)25(18-27(31)14-6-3-7-15-27)22-12-13-26(24(28)17-22)32-20-21-9-4-2-5-10-21/h2,4-5,9-10,12-13,17,23,25,29,31H,3,6-8,11,14-16,18-20H2,1H3/t23-,25?/m0/s1. The highest BCUT2D eigenvalue weighted by Gasteiger charge is 2.36. The Hall–Kier alpha value is -1.59. The van der Waals surface area contributed by atoms with Crippen LogP contribution in [0.3, 0.4) is 0 Å². The maximum atomic E-state index is 11.4. The SMILES string of the molecule is CN[C@H]1CCCN(C(CC2(O)CCCCC2)c2ccc(OCc3ccccc3)c(Cl)c2)C1. The van der Waals surface area contributed by atoms with E-state index in [4.69, 9.17) is 16.3 Å². The first kappa shape index (κ1) is 23.6. The van der Waals surface area contributed by atoms with E-state index >= 15 is 0 Å². The van der Waals surface area contributed by atoms with Gasteiger partial charge in [0, 0.05) is 18.6 Å². The van der Waals surface area contributed by atoms with E-state index in [9.17, 15) is 5.11 Å². The third kappa shape index (κ3) is 6.05. The summed E-state index contributed by atoms with van der Waals surface area (Å²) in [5.74, 6) is 0.709. The van der Waals surface area contributed by atoms with Crippen LogP contribution in [0.4, 0.5) is 0 Å². The molecular weight excluding hydrogens is 420 g/mol. The van der Waals surface area contributed by atoms with Gasteiger partial charge in [-0.15, -0.1) is 0 Å². The number of likely N-dealkylation sites (N-methyl/N-ethyl adjacent to an activating group) is 1. The molecular formula is C27H37ClN2O2. The van der Waals surface area contributed by atoms with Crippen LogP contribution in [-0.4, -0.2) is 41.8 Å². The van der Waals surface area contributed by atoms with Crippen LogP contribution in [0.25, 0.3) is 0 Å². The van der Waals surface area contributed by atoms with Crippen molar-refractivity contribution in [3.8, 4) is 5.75 Å². The predicted octanol–water partition coefficient (Wildman–Crippen LogP) is 5.73. The van der Waals surface area contributed by atoms with Crippen LogP contribution in [0.5, 0.6) is 5.75 Å². The Labute approximate surface area is 197 Å². The third-order valence-corrected chi connectivity index (χ3v) is 7.53. The zero-order valence-electron chi connectivity index (χ0n) is 19.2. The Kier molecular flexibility index (Phi) is 8.12. The molecule has 1 saturated heterocycles. The van der Waals surface area contributed by atoms with Crippen molar-refractivity contribution in [3.63, 3.8) is 0 Å². The molecule has 2 fully saturated rings. The molecule has 5 heteroatoms. The Morgan fingerprint density at radius 3 is 2.62 bits per heavy atom. The summed E-state index contributed by atoms with van der Waals surface area (Å²) in [5, 5.41) is 15.5. The highest BCUT2D eigenvalue weighted by molar-refractivity contribution is 6.32. The number of benzene rings is 2. The molecule has 1 unspecified atom stereocenters. The van der Waals surface area contributed by atoms with Crippen LogP contribution in [0, 0.1) is 0 Å². The average Bonchev–Trinajstić information content (AvgIpc) is 2.83. The summed E-state index contributed by atoms with van der Waals surface area (Å²) in [5.41, 5.74) is 1.72. The minimum absolute atomic E-state index is 0.162. The quantitative estimate of drug-likeness (QED) is 0.532. The van der Waals surface area contributed by atoms with Crippen molar-refractivity contribution in [2.75, 3.05) is 20.1 Å². The van der Waals surface area contributed by atoms with Crippen molar-refractivity contribution in [2.24, 2.45) is 0 Å². The molecule has 2 aliphatic rings. The minimum Gasteiger partial charge on any atom is -0.487 e. The fraction of sp³-hybridized carbons (Fsp3) is 0.556. The van der Waals surface area contributed by atoms with Crippen LogP contribution in [0.15, 0.2) is 48.5 Å². The summed E-state index contributed by atoms with van der Waals surface area (Å²) in [7, 11) is 2.05. The number of halogens is 1. The van der Waals surface area contributed by atoms with Gasteiger partial charge in [-0.1, -0.05) is 67.3 Å².